The Morgan fingerprint density at radius 2 is 2.00 bits per heavy atom. The van der Waals surface area contributed by atoms with E-state index in [0.29, 0.717) is 0 Å². The van der Waals surface area contributed by atoms with Crippen molar-refractivity contribution in [1.82, 2.24) is 0 Å². The molecule has 17 heavy (non-hydrogen) atoms. The van der Waals surface area contributed by atoms with E-state index in [0.717, 1.165) is 0 Å². The molecule has 0 saturated carbocycles. The molecule has 0 aromatic carbocycles. The van der Waals surface area contributed by atoms with E-state index in [4.69, 9.17) is 19.5 Å². The monoisotopic (exact) mass is 246 g/mol. The lowest BCUT2D eigenvalue weighted by atomic mass is 10.1. The summed E-state index contributed by atoms with van der Waals surface area (Å²) in [6, 6.07) is 0. The number of hydrogen-bond donors (Lipinski definition) is 1. The Labute approximate surface area is 97.8 Å². The fourth-order valence-corrected chi connectivity index (χ4v) is 1.32. The van der Waals surface area contributed by atoms with Crippen LogP contribution in [0.2, 0.25) is 0 Å². The molecule has 1 rings (SSSR count). The van der Waals surface area contributed by atoms with Crippen molar-refractivity contribution in [2.24, 2.45) is 0 Å². The van der Waals surface area contributed by atoms with Crippen LogP contribution in [-0.4, -0.2) is 42.3 Å². The van der Waals surface area contributed by atoms with Gasteiger partial charge in [-0.2, -0.15) is 0 Å². The largest absolute Gasteiger partial charge is 0.463 e. The van der Waals surface area contributed by atoms with Gasteiger partial charge in [0.2, 0.25) is 6.29 Å². The van der Waals surface area contributed by atoms with Crippen LogP contribution in [0.15, 0.2) is 12.2 Å². The Kier molecular flexibility index (Phi) is 5.08. The van der Waals surface area contributed by atoms with E-state index >= 15 is 0 Å². The first-order chi connectivity index (χ1) is 8.02. The first kappa shape index (κ1) is 13.6. The molecule has 0 aromatic heterocycles. The number of hydrogen-bond acceptors (Lipinski definition) is 7. The third-order valence-corrected chi connectivity index (χ3v) is 1.99. The molecule has 0 saturated heterocycles. The molecule has 0 spiro atoms. The van der Waals surface area contributed by atoms with Crippen LogP contribution in [0.4, 0.5) is 0 Å². The van der Waals surface area contributed by atoms with Crippen molar-refractivity contribution in [3.05, 3.63) is 12.2 Å². The van der Waals surface area contributed by atoms with Gasteiger partial charge in [-0.25, -0.2) is 10.1 Å². The van der Waals surface area contributed by atoms with Crippen molar-refractivity contribution in [2.45, 2.75) is 32.3 Å². The van der Waals surface area contributed by atoms with Crippen LogP contribution in [0, 0.1) is 0 Å². The summed E-state index contributed by atoms with van der Waals surface area (Å²) in [5.41, 5.74) is 0. The smallest absolute Gasteiger partial charge is 0.303 e. The zero-order valence-electron chi connectivity index (χ0n) is 9.49. The van der Waals surface area contributed by atoms with E-state index in [1.807, 2.05) is 0 Å². The minimum absolute atomic E-state index is 0.0997. The van der Waals surface area contributed by atoms with Gasteiger partial charge in [-0.05, 0) is 12.2 Å². The van der Waals surface area contributed by atoms with Gasteiger partial charge >= 0.3 is 11.9 Å². The average molecular weight is 246 g/mol. The SMILES string of the molecule is CC(=O)OC[C@H]1O[C@H](OO)C=C[C@@H]1OC(C)=O. The summed E-state index contributed by atoms with van der Waals surface area (Å²) < 4.78 is 14.9. The molecule has 0 bridgehead atoms. The van der Waals surface area contributed by atoms with Gasteiger partial charge in [-0.1, -0.05) is 0 Å². The molecule has 96 valence electrons. The predicted molar refractivity (Wildman–Crippen MR) is 53.7 cm³/mol. The predicted octanol–water partition coefficient (Wildman–Crippen LogP) is 0.252. The lowest BCUT2D eigenvalue weighted by molar-refractivity contribution is -0.345. The van der Waals surface area contributed by atoms with Gasteiger partial charge < -0.3 is 14.2 Å². The van der Waals surface area contributed by atoms with Crippen molar-refractivity contribution in [1.29, 1.82) is 0 Å². The summed E-state index contributed by atoms with van der Waals surface area (Å²) in [4.78, 5) is 25.5. The summed E-state index contributed by atoms with van der Waals surface area (Å²) in [5, 5.41) is 8.46. The first-order valence-corrected chi connectivity index (χ1v) is 4.97. The Hall–Kier alpha value is -1.44. The molecule has 0 aromatic rings. The molecule has 0 aliphatic carbocycles. The zero-order chi connectivity index (χ0) is 12.8. The fourth-order valence-electron chi connectivity index (χ4n) is 1.32. The molecular formula is C10H14O7. The molecule has 0 fully saturated rings. The quantitative estimate of drug-likeness (QED) is 0.329. The molecule has 0 amide bonds. The van der Waals surface area contributed by atoms with E-state index in [-0.39, 0.29) is 6.61 Å². The molecule has 0 unspecified atom stereocenters. The Morgan fingerprint density at radius 3 is 2.53 bits per heavy atom. The average Bonchev–Trinajstić information content (AvgIpc) is 2.27. The standard InChI is InChI=1S/C10H14O7/c1-6(11)14-5-9-8(15-7(2)12)3-4-10(16-9)17-13/h3-4,8-10,13H,5H2,1-2H3/t8-,9+,10+/m0/s1. The van der Waals surface area contributed by atoms with Crippen molar-refractivity contribution >= 4 is 11.9 Å². The topological polar surface area (TPSA) is 91.3 Å². The maximum absolute atomic E-state index is 10.8. The van der Waals surface area contributed by atoms with Crippen LogP contribution in [0.3, 0.4) is 0 Å². The molecule has 3 atom stereocenters. The number of ether oxygens (including phenoxy) is 3. The maximum atomic E-state index is 10.8. The van der Waals surface area contributed by atoms with Crippen molar-refractivity contribution in [3.63, 3.8) is 0 Å². The Balaban J connectivity index is 2.62. The first-order valence-electron chi connectivity index (χ1n) is 4.97. The van der Waals surface area contributed by atoms with Crippen LogP contribution in [0.1, 0.15) is 13.8 Å². The highest BCUT2D eigenvalue weighted by atomic mass is 17.1. The van der Waals surface area contributed by atoms with Crippen LogP contribution in [0.5, 0.6) is 0 Å². The zero-order valence-corrected chi connectivity index (χ0v) is 9.49. The Morgan fingerprint density at radius 1 is 1.29 bits per heavy atom. The van der Waals surface area contributed by atoms with Gasteiger partial charge in [0.05, 0.1) is 0 Å². The minimum atomic E-state index is -0.970. The van der Waals surface area contributed by atoms with Crippen LogP contribution in [-0.2, 0) is 28.7 Å². The van der Waals surface area contributed by atoms with Crippen molar-refractivity contribution in [2.75, 3.05) is 6.61 Å². The van der Waals surface area contributed by atoms with E-state index in [2.05, 4.69) is 4.89 Å². The van der Waals surface area contributed by atoms with Crippen LogP contribution < -0.4 is 0 Å². The number of rotatable bonds is 4. The second-order valence-electron chi connectivity index (χ2n) is 3.41. The van der Waals surface area contributed by atoms with Crippen LogP contribution >= 0.6 is 0 Å². The second kappa shape index (κ2) is 6.33. The molecule has 1 N–H and O–H groups in total. The number of carbonyl (C=O) groups excluding carboxylic acids is 2. The lowest BCUT2D eigenvalue weighted by Crippen LogP contribution is -2.41. The van der Waals surface area contributed by atoms with Gasteiger partial charge in [0.15, 0.2) is 0 Å². The highest BCUT2D eigenvalue weighted by molar-refractivity contribution is 5.66. The third-order valence-electron chi connectivity index (χ3n) is 1.99. The third kappa shape index (κ3) is 4.51. The highest BCUT2D eigenvalue weighted by Gasteiger charge is 2.31. The highest BCUT2D eigenvalue weighted by Crippen LogP contribution is 2.17. The fraction of sp³-hybridized carbons (Fsp3) is 0.600. The van der Waals surface area contributed by atoms with Crippen LogP contribution in [0.25, 0.3) is 0 Å². The van der Waals surface area contributed by atoms with E-state index in [1.54, 1.807) is 0 Å². The van der Waals surface area contributed by atoms with E-state index in [9.17, 15) is 9.59 Å². The molecule has 7 heteroatoms. The van der Waals surface area contributed by atoms with Gasteiger partial charge in [0, 0.05) is 13.8 Å². The Bertz CT molecular complexity index is 312. The summed E-state index contributed by atoms with van der Waals surface area (Å²) >= 11 is 0. The van der Waals surface area contributed by atoms with Gasteiger partial charge in [0.25, 0.3) is 0 Å². The van der Waals surface area contributed by atoms with Gasteiger partial charge in [0.1, 0.15) is 18.8 Å². The molecule has 1 aliphatic heterocycles. The number of esters is 2. The lowest BCUT2D eigenvalue weighted by Gasteiger charge is -2.29. The summed E-state index contributed by atoms with van der Waals surface area (Å²) in [5.74, 6) is -0.967. The molecule has 7 nitrogen and oxygen atoms in total. The second-order valence-corrected chi connectivity index (χ2v) is 3.41. The molecule has 1 aliphatic rings. The normalized spacial score (nSPS) is 27.6. The van der Waals surface area contributed by atoms with Crippen molar-refractivity contribution < 1.29 is 33.9 Å². The van der Waals surface area contributed by atoms with Gasteiger partial charge in [-0.3, -0.25) is 9.59 Å². The van der Waals surface area contributed by atoms with Gasteiger partial charge in [-0.15, -0.1) is 0 Å². The van der Waals surface area contributed by atoms with E-state index in [1.165, 1.54) is 26.0 Å². The molecular weight excluding hydrogens is 232 g/mol. The van der Waals surface area contributed by atoms with E-state index < -0.39 is 30.4 Å². The maximum Gasteiger partial charge on any atom is 0.303 e. The van der Waals surface area contributed by atoms with Crippen molar-refractivity contribution in [3.8, 4) is 0 Å². The summed E-state index contributed by atoms with van der Waals surface area (Å²) in [6.07, 6.45) is 0.517. The molecule has 0 radical (unpaired) electrons. The number of carbonyl (C=O) groups is 2. The molecule has 1 heterocycles. The summed E-state index contributed by atoms with van der Waals surface area (Å²) in [6.45, 7) is 2.41. The minimum Gasteiger partial charge on any atom is -0.463 e. The summed E-state index contributed by atoms with van der Waals surface area (Å²) in [7, 11) is 0.